The Kier molecular flexibility index (Phi) is 3.38. The van der Waals surface area contributed by atoms with Gasteiger partial charge in [0.25, 0.3) is 0 Å². The third-order valence-electron chi connectivity index (χ3n) is 3.06. The van der Waals surface area contributed by atoms with Crippen molar-refractivity contribution in [3.63, 3.8) is 0 Å². The molecule has 0 saturated carbocycles. The van der Waals surface area contributed by atoms with Crippen molar-refractivity contribution in [2.45, 2.75) is 23.5 Å². The standard InChI is InChI=1S/C15H14OSSe/c1-11-10-12-6-2-4-8-14(12)18(16)15-9-5-3-7-13(15)17-11/h2-9,11H,10H2,1H3. The summed E-state index contributed by atoms with van der Waals surface area (Å²) in [6, 6.07) is 16.3. The van der Waals surface area contributed by atoms with Gasteiger partial charge < -0.3 is 0 Å². The SMILES string of the molecule is CC1Cc2ccccc2[Se](=O)c2ccccc2S1. The molecule has 1 nitrogen and oxygen atoms in total. The van der Waals surface area contributed by atoms with Crippen LogP contribution in [0.1, 0.15) is 12.5 Å². The van der Waals surface area contributed by atoms with E-state index >= 15 is 0 Å². The topological polar surface area (TPSA) is 17.1 Å². The normalized spacial score (nSPS) is 22.5. The fraction of sp³-hybridized carbons (Fsp3) is 0.200. The summed E-state index contributed by atoms with van der Waals surface area (Å²) in [6.07, 6.45) is 0.997. The molecule has 1 heterocycles. The Labute approximate surface area is 116 Å². The van der Waals surface area contributed by atoms with Crippen LogP contribution in [0.2, 0.25) is 0 Å². The zero-order valence-corrected chi connectivity index (χ0v) is 12.7. The molecule has 0 aliphatic carbocycles. The summed E-state index contributed by atoms with van der Waals surface area (Å²) < 4.78 is 14.9. The molecular weight excluding hydrogens is 307 g/mol. The first-order chi connectivity index (χ1) is 8.75. The van der Waals surface area contributed by atoms with E-state index in [1.165, 1.54) is 10.5 Å². The fourth-order valence-corrected chi connectivity index (χ4v) is 6.66. The fourth-order valence-electron chi connectivity index (χ4n) is 2.24. The predicted molar refractivity (Wildman–Crippen MR) is 77.6 cm³/mol. The van der Waals surface area contributed by atoms with E-state index in [0.29, 0.717) is 5.25 Å². The zero-order chi connectivity index (χ0) is 12.5. The molecule has 2 aromatic carbocycles. The summed E-state index contributed by atoms with van der Waals surface area (Å²) in [7, 11) is 0. The van der Waals surface area contributed by atoms with Crippen LogP contribution in [0.25, 0.3) is 0 Å². The summed E-state index contributed by atoms with van der Waals surface area (Å²) in [5.41, 5.74) is 1.26. The Morgan fingerprint density at radius 1 is 1.06 bits per heavy atom. The first-order valence-electron chi connectivity index (χ1n) is 6.01. The van der Waals surface area contributed by atoms with Crippen molar-refractivity contribution in [1.29, 1.82) is 0 Å². The second-order valence-corrected chi connectivity index (χ2v) is 8.91. The molecule has 3 rings (SSSR count). The van der Waals surface area contributed by atoms with Gasteiger partial charge in [-0.15, -0.1) is 0 Å². The van der Waals surface area contributed by atoms with Gasteiger partial charge in [0.2, 0.25) is 0 Å². The van der Waals surface area contributed by atoms with E-state index in [0.717, 1.165) is 15.3 Å². The molecule has 0 saturated heterocycles. The average molecular weight is 321 g/mol. The summed E-state index contributed by atoms with van der Waals surface area (Å²) in [4.78, 5) is 1.19. The van der Waals surface area contributed by atoms with Crippen molar-refractivity contribution in [3.8, 4) is 0 Å². The summed E-state index contributed by atoms with van der Waals surface area (Å²) in [6.45, 7) is 2.24. The van der Waals surface area contributed by atoms with Crippen LogP contribution in [0.3, 0.4) is 0 Å². The monoisotopic (exact) mass is 322 g/mol. The molecule has 0 radical (unpaired) electrons. The molecule has 1 aliphatic rings. The summed E-state index contributed by atoms with van der Waals surface area (Å²) in [5, 5.41) is 0.520. The van der Waals surface area contributed by atoms with E-state index in [1.807, 2.05) is 48.2 Å². The molecule has 2 atom stereocenters. The van der Waals surface area contributed by atoms with Crippen LogP contribution < -0.4 is 8.92 Å². The Morgan fingerprint density at radius 3 is 2.56 bits per heavy atom. The zero-order valence-electron chi connectivity index (χ0n) is 10.1. The summed E-state index contributed by atoms with van der Waals surface area (Å²) in [5.74, 6) is 0. The van der Waals surface area contributed by atoms with E-state index in [9.17, 15) is 3.83 Å². The van der Waals surface area contributed by atoms with E-state index in [-0.39, 0.29) is 0 Å². The molecular formula is C15H14OSSe. The third-order valence-corrected chi connectivity index (χ3v) is 7.79. The minimum atomic E-state index is -2.11. The molecule has 1 aliphatic heterocycles. The molecule has 0 spiro atoms. The van der Waals surface area contributed by atoms with E-state index in [2.05, 4.69) is 19.1 Å². The van der Waals surface area contributed by atoms with Gasteiger partial charge in [-0.1, -0.05) is 0 Å². The van der Waals surface area contributed by atoms with Crippen LogP contribution in [0, 0.1) is 0 Å². The minimum absolute atomic E-state index is 0.520. The van der Waals surface area contributed by atoms with Gasteiger partial charge in [-0.3, -0.25) is 0 Å². The molecule has 2 aromatic rings. The van der Waals surface area contributed by atoms with Gasteiger partial charge in [-0.25, -0.2) is 0 Å². The van der Waals surface area contributed by atoms with Gasteiger partial charge in [-0.2, -0.15) is 0 Å². The van der Waals surface area contributed by atoms with Gasteiger partial charge in [0.15, 0.2) is 0 Å². The van der Waals surface area contributed by atoms with Crippen molar-refractivity contribution >= 4 is 34.5 Å². The second kappa shape index (κ2) is 5.00. The Hall–Kier alpha value is -0.891. The molecule has 0 amide bonds. The van der Waals surface area contributed by atoms with Crippen molar-refractivity contribution in [2.75, 3.05) is 0 Å². The molecule has 18 heavy (non-hydrogen) atoms. The van der Waals surface area contributed by atoms with Gasteiger partial charge in [0, 0.05) is 0 Å². The van der Waals surface area contributed by atoms with E-state index in [4.69, 9.17) is 0 Å². The first-order valence-corrected chi connectivity index (χ1v) is 9.30. The number of rotatable bonds is 0. The second-order valence-electron chi connectivity index (χ2n) is 4.46. The van der Waals surface area contributed by atoms with Crippen LogP contribution in [-0.2, 0) is 10.3 Å². The Morgan fingerprint density at radius 2 is 1.72 bits per heavy atom. The number of hydrogen-bond donors (Lipinski definition) is 0. The van der Waals surface area contributed by atoms with Gasteiger partial charge >= 0.3 is 116 Å². The molecule has 3 heteroatoms. The Balaban J connectivity index is 2.20. The maximum absolute atomic E-state index is 12.8. The van der Waals surface area contributed by atoms with Crippen LogP contribution in [0.5, 0.6) is 0 Å². The van der Waals surface area contributed by atoms with Gasteiger partial charge in [0.05, 0.1) is 0 Å². The molecule has 0 fully saturated rings. The van der Waals surface area contributed by atoms with Crippen LogP contribution >= 0.6 is 11.8 Å². The quantitative estimate of drug-likeness (QED) is 0.693. The number of thioether (sulfide) groups is 1. The molecule has 2 unspecified atom stereocenters. The third kappa shape index (κ3) is 2.18. The number of hydrogen-bond acceptors (Lipinski definition) is 2. The van der Waals surface area contributed by atoms with Crippen molar-refractivity contribution in [3.05, 3.63) is 54.1 Å². The number of benzene rings is 2. The van der Waals surface area contributed by atoms with Crippen molar-refractivity contribution < 1.29 is 3.83 Å². The Bertz CT molecular complexity index is 557. The van der Waals surface area contributed by atoms with Gasteiger partial charge in [0.1, 0.15) is 0 Å². The van der Waals surface area contributed by atoms with Crippen LogP contribution in [-0.4, -0.2) is 19.1 Å². The van der Waals surface area contributed by atoms with Crippen molar-refractivity contribution in [2.24, 2.45) is 0 Å². The van der Waals surface area contributed by atoms with Crippen molar-refractivity contribution in [1.82, 2.24) is 0 Å². The van der Waals surface area contributed by atoms with Gasteiger partial charge in [-0.05, 0) is 0 Å². The maximum atomic E-state index is 12.8. The first kappa shape index (κ1) is 12.2. The molecule has 92 valence electrons. The summed E-state index contributed by atoms with van der Waals surface area (Å²) >= 11 is -0.266. The van der Waals surface area contributed by atoms with E-state index in [1.54, 1.807) is 0 Å². The molecule has 0 bridgehead atoms. The van der Waals surface area contributed by atoms with Crippen LogP contribution in [0.15, 0.2) is 53.4 Å². The average Bonchev–Trinajstić information content (AvgIpc) is 2.38. The van der Waals surface area contributed by atoms with Crippen LogP contribution in [0.4, 0.5) is 0 Å². The predicted octanol–water partition coefficient (Wildman–Crippen LogP) is 2.26. The molecule has 0 N–H and O–H groups in total. The molecule has 0 aromatic heterocycles. The number of fused-ring (bicyclic) bond motifs is 2. The van der Waals surface area contributed by atoms with E-state index < -0.39 is 13.8 Å².